The fourth-order valence-corrected chi connectivity index (χ4v) is 11.1. The summed E-state index contributed by atoms with van der Waals surface area (Å²) in [6.07, 6.45) is 17.9. The molecule has 6 bridgehead atoms. The molecule has 298 valence electrons. The van der Waals surface area contributed by atoms with Crippen molar-refractivity contribution in [3.05, 3.63) is 161 Å². The van der Waals surface area contributed by atoms with Crippen LogP contribution in [0.15, 0.2) is 116 Å². The number of hydrogen-bond donors (Lipinski definition) is 5. The topological polar surface area (TPSA) is 183 Å². The summed E-state index contributed by atoms with van der Waals surface area (Å²) in [6.45, 7) is 12.4. The zero-order valence-corrected chi connectivity index (χ0v) is 34.2. The van der Waals surface area contributed by atoms with Crippen LogP contribution < -0.4 is 33.1 Å². The molecule has 8 N–H and O–H groups in total. The first-order valence-corrected chi connectivity index (χ1v) is 20.0. The Balaban J connectivity index is 0.000000131. The van der Waals surface area contributed by atoms with Gasteiger partial charge in [-0.25, -0.2) is 4.98 Å². The van der Waals surface area contributed by atoms with Crippen molar-refractivity contribution in [2.45, 2.75) is 96.6 Å². The summed E-state index contributed by atoms with van der Waals surface area (Å²) in [6, 6.07) is 10.7. The Kier molecular flexibility index (Phi) is 10.4. The van der Waals surface area contributed by atoms with Crippen LogP contribution in [0.2, 0.25) is 0 Å². The second kappa shape index (κ2) is 14.9. The molecule has 6 aliphatic rings. The van der Waals surface area contributed by atoms with Gasteiger partial charge in [-0.15, -0.1) is 0 Å². The number of carbonyl (C=O) groups excluding carboxylic acids is 1. The molecule has 0 fully saturated rings. The van der Waals surface area contributed by atoms with Gasteiger partial charge in [0.1, 0.15) is 5.41 Å². The van der Waals surface area contributed by atoms with Crippen molar-refractivity contribution in [1.29, 1.82) is 0 Å². The summed E-state index contributed by atoms with van der Waals surface area (Å²) >= 11 is 0. The number of fused-ring (bicyclic) bond motifs is 12. The highest BCUT2D eigenvalue weighted by Gasteiger charge is 2.51. The number of amides is 1. The van der Waals surface area contributed by atoms with Crippen molar-refractivity contribution in [2.24, 2.45) is 35.0 Å². The van der Waals surface area contributed by atoms with E-state index in [0.717, 1.165) is 71.4 Å². The lowest BCUT2D eigenvalue weighted by atomic mass is 9.57. The maximum atomic E-state index is 12.4. The molecule has 0 aromatic carbocycles. The van der Waals surface area contributed by atoms with Crippen LogP contribution in [-0.2, 0) is 40.5 Å². The van der Waals surface area contributed by atoms with Gasteiger partial charge in [-0.1, -0.05) is 59.2 Å². The average Bonchev–Trinajstić information content (AvgIpc) is 3.13. The number of pyridine rings is 3. The summed E-state index contributed by atoms with van der Waals surface area (Å²) in [4.78, 5) is 45.8. The number of aromatic amines is 2. The predicted octanol–water partition coefficient (Wildman–Crippen LogP) is 6.28. The lowest BCUT2D eigenvalue weighted by molar-refractivity contribution is -0.122. The molecule has 10 nitrogen and oxygen atoms in total. The molecule has 3 aromatic rings. The summed E-state index contributed by atoms with van der Waals surface area (Å²) in [5, 5.41) is 0. The molecule has 0 aliphatic heterocycles. The number of H-pyrrole nitrogens is 2. The molecular weight excluding hydrogens is 713 g/mol. The fraction of sp³-hybridized carbons (Fsp3) is 0.404. The van der Waals surface area contributed by atoms with E-state index < -0.39 is 16.5 Å². The SMILES string of the molecule is C/C=C1/[C@@H]2C=C(C)CC1(N)c1ccc(=O)[nH]c1C2.C/C=C1\[C@@H]2C=C(C)CC1(C(N)=O)c1ccc(OC)nc1C2.C/C=C1\[C@@H]2C=C(C)CC1(N)c1ccc(=O)[nH]c1C2. The summed E-state index contributed by atoms with van der Waals surface area (Å²) in [5.74, 6) is 1.15. The third kappa shape index (κ3) is 6.62. The molecule has 0 saturated carbocycles. The van der Waals surface area contributed by atoms with Crippen LogP contribution in [0.5, 0.6) is 5.88 Å². The van der Waals surface area contributed by atoms with E-state index in [4.69, 9.17) is 21.9 Å². The molecule has 3 aromatic heterocycles. The van der Waals surface area contributed by atoms with E-state index >= 15 is 0 Å². The van der Waals surface area contributed by atoms with E-state index in [1.54, 1.807) is 19.2 Å². The van der Waals surface area contributed by atoms with Gasteiger partial charge in [0, 0.05) is 59.5 Å². The Morgan fingerprint density at radius 3 is 1.56 bits per heavy atom. The normalized spacial score (nSPS) is 30.9. The van der Waals surface area contributed by atoms with Crippen molar-refractivity contribution in [3.63, 3.8) is 0 Å². The largest absolute Gasteiger partial charge is 0.481 e. The van der Waals surface area contributed by atoms with Gasteiger partial charge in [-0.05, 0) is 119 Å². The molecule has 3 unspecified atom stereocenters. The highest BCUT2D eigenvalue weighted by molar-refractivity contribution is 5.92. The van der Waals surface area contributed by atoms with E-state index in [2.05, 4.69) is 80.0 Å². The van der Waals surface area contributed by atoms with Gasteiger partial charge in [0.15, 0.2) is 0 Å². The Bertz CT molecular complexity index is 2350. The molecule has 0 radical (unpaired) electrons. The predicted molar refractivity (Wildman–Crippen MR) is 225 cm³/mol. The van der Waals surface area contributed by atoms with E-state index in [9.17, 15) is 14.4 Å². The second-order valence-corrected chi connectivity index (χ2v) is 16.7. The Hall–Kier alpha value is -5.32. The number of allylic oxidation sites excluding steroid dienone is 7. The minimum Gasteiger partial charge on any atom is -0.481 e. The van der Waals surface area contributed by atoms with Crippen molar-refractivity contribution in [1.82, 2.24) is 15.0 Å². The van der Waals surface area contributed by atoms with Crippen molar-refractivity contribution in [2.75, 3.05) is 7.11 Å². The minimum atomic E-state index is -0.745. The third-order valence-electron chi connectivity index (χ3n) is 13.0. The maximum absolute atomic E-state index is 12.4. The smallest absolute Gasteiger partial charge is 0.248 e. The monoisotopic (exact) mass is 768 g/mol. The number of nitrogens with one attached hydrogen (secondary N) is 2. The van der Waals surface area contributed by atoms with Crippen LogP contribution in [0.1, 0.15) is 94.6 Å². The quantitative estimate of drug-likeness (QED) is 0.190. The zero-order chi connectivity index (χ0) is 41.0. The second-order valence-electron chi connectivity index (χ2n) is 16.7. The zero-order valence-electron chi connectivity index (χ0n) is 34.2. The molecule has 3 heterocycles. The lowest BCUT2D eigenvalue weighted by Gasteiger charge is -2.45. The molecule has 0 saturated heterocycles. The highest BCUT2D eigenvalue weighted by Crippen LogP contribution is 2.52. The minimum absolute atomic E-state index is 0.0416. The molecule has 10 heteroatoms. The number of ether oxygens (including phenoxy) is 1. The number of hydrogen-bond acceptors (Lipinski definition) is 7. The molecule has 0 spiro atoms. The van der Waals surface area contributed by atoms with E-state index in [1.165, 1.54) is 27.9 Å². The van der Waals surface area contributed by atoms with Crippen LogP contribution in [-0.4, -0.2) is 28.0 Å². The van der Waals surface area contributed by atoms with Crippen LogP contribution in [0, 0.1) is 17.8 Å². The van der Waals surface area contributed by atoms with Crippen LogP contribution in [0.4, 0.5) is 0 Å². The summed E-state index contributed by atoms with van der Waals surface area (Å²) in [5.41, 5.74) is 31.1. The van der Waals surface area contributed by atoms with Crippen molar-refractivity contribution in [3.8, 4) is 5.88 Å². The molecule has 57 heavy (non-hydrogen) atoms. The fourth-order valence-electron chi connectivity index (χ4n) is 11.1. The molecule has 6 atom stereocenters. The maximum Gasteiger partial charge on any atom is 0.248 e. The van der Waals surface area contributed by atoms with Crippen LogP contribution in [0.3, 0.4) is 0 Å². The van der Waals surface area contributed by atoms with Gasteiger partial charge in [-0.3, -0.25) is 14.4 Å². The number of rotatable bonds is 2. The average molecular weight is 769 g/mol. The Labute approximate surface area is 334 Å². The first-order chi connectivity index (χ1) is 27.1. The summed E-state index contributed by atoms with van der Waals surface area (Å²) in [7, 11) is 1.60. The number of nitrogens with two attached hydrogens (primary N) is 3. The molecule has 6 aliphatic carbocycles. The van der Waals surface area contributed by atoms with Crippen molar-refractivity contribution >= 4 is 5.91 Å². The number of aromatic nitrogens is 3. The van der Waals surface area contributed by atoms with Gasteiger partial charge in [0.25, 0.3) is 0 Å². The summed E-state index contributed by atoms with van der Waals surface area (Å²) < 4.78 is 5.21. The molecular formula is C47H56N6O4. The van der Waals surface area contributed by atoms with Crippen LogP contribution >= 0.6 is 0 Å². The Morgan fingerprint density at radius 1 is 0.684 bits per heavy atom. The van der Waals surface area contributed by atoms with Crippen LogP contribution in [0.25, 0.3) is 0 Å². The van der Waals surface area contributed by atoms with Gasteiger partial charge < -0.3 is 31.9 Å². The number of primary amides is 1. The first kappa shape index (κ1) is 39.9. The third-order valence-corrected chi connectivity index (χ3v) is 13.0. The number of carbonyl (C=O) groups is 1. The number of nitrogens with zero attached hydrogens (tertiary/aromatic N) is 1. The lowest BCUT2D eigenvalue weighted by Crippen LogP contribution is -2.50. The standard InChI is InChI=1S/C17H20N2O2.2C15H18N2O/c1-4-12-11-7-10(2)9-17(12,16(18)20)13-5-6-15(21-3)19-14(13)8-11;2*1-3-11-10-6-9(2)8-15(11,16)12-4-5-14(18)17-13(12)7-10/h4-7,11H,8-9H2,1-3H3,(H2,18,20);2*3-6,10H,7-8,16H2,1-2H3,(H,17,18)/b12-4+;11-3+;11-3-/t11-,17?;2*10-,15?/m111/s1. The van der Waals surface area contributed by atoms with Gasteiger partial charge in [0.05, 0.1) is 18.2 Å². The first-order valence-electron chi connectivity index (χ1n) is 20.0. The van der Waals surface area contributed by atoms with Gasteiger partial charge in [0.2, 0.25) is 22.9 Å². The molecule has 9 rings (SSSR count). The van der Waals surface area contributed by atoms with Crippen molar-refractivity contribution < 1.29 is 9.53 Å². The number of methoxy groups -OCH3 is 1. The van der Waals surface area contributed by atoms with Gasteiger partial charge >= 0.3 is 0 Å². The van der Waals surface area contributed by atoms with E-state index in [-0.39, 0.29) is 22.9 Å². The van der Waals surface area contributed by atoms with Gasteiger partial charge in [-0.2, -0.15) is 0 Å². The Morgan fingerprint density at radius 2 is 1.12 bits per heavy atom. The van der Waals surface area contributed by atoms with E-state index in [0.29, 0.717) is 24.1 Å². The van der Waals surface area contributed by atoms with E-state index in [1.807, 2.05) is 37.3 Å². The molecule has 1 amide bonds. The highest BCUT2D eigenvalue weighted by atomic mass is 16.5.